The summed E-state index contributed by atoms with van der Waals surface area (Å²) in [5.74, 6) is 0. The van der Waals surface area contributed by atoms with Crippen LogP contribution in [0.1, 0.15) is 0 Å². The number of hydrogen-bond acceptors (Lipinski definition) is 5. The molecule has 6 N–H and O–H groups in total. The maximum atomic E-state index is 8.44. The Morgan fingerprint density at radius 3 is 1.50 bits per heavy atom. The van der Waals surface area contributed by atoms with Crippen LogP contribution in [0.3, 0.4) is 0 Å². The van der Waals surface area contributed by atoms with E-state index in [2.05, 4.69) is 0 Å². The Morgan fingerprint density at radius 1 is 1.50 bits per heavy atom. The van der Waals surface area contributed by atoms with Crippen molar-refractivity contribution in [2.45, 2.75) is 0 Å². The van der Waals surface area contributed by atoms with Crippen molar-refractivity contribution >= 4 is 22.0 Å². The number of rotatable bonds is 0. The summed E-state index contributed by atoms with van der Waals surface area (Å²) in [5, 5.41) is 15.3. The average molecular weight is 139 g/mol. The van der Waals surface area contributed by atoms with Crippen LogP contribution >= 0.6 is 0 Å². The fourth-order valence-corrected chi connectivity index (χ4v) is 0. The van der Waals surface area contributed by atoms with Gasteiger partial charge in [0.25, 0.3) is 0 Å². The van der Waals surface area contributed by atoms with E-state index in [1.54, 1.807) is 0 Å². The van der Waals surface area contributed by atoms with Crippen molar-refractivity contribution in [2.24, 2.45) is 0 Å². The average Bonchev–Trinajstić information content (AvgIpc) is 1.33. The van der Waals surface area contributed by atoms with Gasteiger partial charge in [-0.3, -0.25) is 0 Å². The zero-order chi connectivity index (χ0) is 6.28. The van der Waals surface area contributed by atoms with Crippen molar-refractivity contribution in [2.75, 3.05) is 0 Å². The van der Waals surface area contributed by atoms with Crippen LogP contribution in [0.2, 0.25) is 0 Å². The third-order valence-electron chi connectivity index (χ3n) is 0. The van der Waals surface area contributed by atoms with Crippen molar-refractivity contribution in [3.8, 4) is 0 Å². The van der Waals surface area contributed by atoms with Crippen LogP contribution in [-0.4, -0.2) is 35.5 Å². The molecule has 48 valence electrons. The normalized spacial score (nSPS) is 4.25. The molecule has 0 unspecified atom stereocenters. The van der Waals surface area contributed by atoms with E-state index in [0.29, 0.717) is 0 Å². The Bertz CT molecular complexity index is 43.7. The first-order valence-corrected chi connectivity index (χ1v) is 2.18. The predicted molar refractivity (Wildman–Crippen MR) is 23.2 cm³/mol. The van der Waals surface area contributed by atoms with Gasteiger partial charge in [0.15, 0.2) is 0 Å². The van der Waals surface area contributed by atoms with E-state index in [4.69, 9.17) is 23.3 Å². The Kier molecular flexibility index (Phi) is 31.1. The van der Waals surface area contributed by atoms with Crippen LogP contribution in [0, 0.1) is 0 Å². The fraction of sp³-hybridized carbons (Fsp3) is 0. The molecule has 0 aromatic heterocycles. The van der Waals surface area contributed by atoms with Crippen LogP contribution in [0.25, 0.3) is 0 Å². The second-order valence-corrected chi connectivity index (χ2v) is 0.612. The van der Waals surface area contributed by atoms with Gasteiger partial charge in [-0.25, -0.2) is 0 Å². The molecule has 0 atom stereocenters. The first kappa shape index (κ1) is 15.6. The summed E-state index contributed by atoms with van der Waals surface area (Å²) in [4.78, 5) is 8.44. The third-order valence-corrected chi connectivity index (χ3v) is 0. The fourth-order valence-electron chi connectivity index (χ4n) is 0. The van der Waals surface area contributed by atoms with Gasteiger partial charge in [0.1, 0.15) is 0 Å². The number of carboxylic acid groups (broad SMARTS) is 2. The summed E-state index contributed by atoms with van der Waals surface area (Å²) in [5.41, 5.74) is 0. The minimum atomic E-state index is -2.08. The summed E-state index contributed by atoms with van der Waals surface area (Å²) in [6.07, 6.45) is -2.08. The third kappa shape index (κ3) is 1240. The van der Waals surface area contributed by atoms with E-state index in [1.165, 1.54) is 0 Å². The molecule has 0 bridgehead atoms. The first-order chi connectivity index (χ1) is 3.15. The number of hydrogen-bond donors (Lipinski definition) is 4. The Labute approximate surface area is 52.3 Å². The Hall–Kier alpha value is -0.318. The molecule has 0 radical (unpaired) electrons. The molecule has 0 aliphatic rings. The summed E-state index contributed by atoms with van der Waals surface area (Å²) in [7, 11) is 0. The molecule has 0 aliphatic carbocycles. The van der Waals surface area contributed by atoms with Crippen LogP contribution in [0.15, 0.2) is 0 Å². The molecule has 0 fully saturated rings. The van der Waals surface area contributed by atoms with Gasteiger partial charge in [0.2, 0.25) is 6.16 Å². The number of carbonyl (C=O) groups is 1. The summed E-state index contributed by atoms with van der Waals surface area (Å²) >= 11 is -1.25. The van der Waals surface area contributed by atoms with E-state index in [1.807, 2.05) is 0 Å². The predicted octanol–water partition coefficient (Wildman–Crippen LogP) is -2.45. The van der Waals surface area contributed by atoms with E-state index in [0.717, 1.165) is 0 Å². The second kappa shape index (κ2) is 15.9. The summed E-state index contributed by atoms with van der Waals surface area (Å²) < 4.78 is 14.4. The van der Waals surface area contributed by atoms with E-state index < -0.39 is 22.0 Å². The van der Waals surface area contributed by atoms with E-state index in [-0.39, 0.29) is 6.15 Å². The zero-order valence-electron chi connectivity index (χ0n) is 3.94. The van der Waals surface area contributed by atoms with Crippen LogP contribution < -0.4 is 11.3 Å². The summed E-state index contributed by atoms with van der Waals surface area (Å²) in [6, 6.07) is 0. The molecule has 0 spiro atoms. The van der Waals surface area contributed by atoms with Gasteiger partial charge in [-0.05, 0) is 0 Å². The Morgan fingerprint density at radius 2 is 1.50 bits per heavy atom. The molecule has 7 heteroatoms. The molecule has 6 nitrogen and oxygen atoms in total. The van der Waals surface area contributed by atoms with Gasteiger partial charge < -0.3 is 21.2 Å². The molecule has 8 heavy (non-hydrogen) atoms. The van der Waals surface area contributed by atoms with Crippen LogP contribution in [0.5, 0.6) is 0 Å². The van der Waals surface area contributed by atoms with Crippen molar-refractivity contribution in [3.05, 3.63) is 0 Å². The molecular weight excluding hydrogens is 133 g/mol. The van der Waals surface area contributed by atoms with Crippen molar-refractivity contribution in [1.82, 2.24) is 6.15 Å². The van der Waals surface area contributed by atoms with E-state index >= 15 is 0 Å². The molecule has 0 saturated carbocycles. The first-order valence-electron chi connectivity index (χ1n) is 1.15. The second-order valence-electron chi connectivity index (χ2n) is 0.381. The maximum absolute atomic E-state index is 8.44. The standard InChI is InChI=1S/CH2O3.Al.H3N.2H2O/c2-1(3)4;;;;/h(H2,2,3,4);;1H3;2*1H2/q;+3;;;/p-3. The topological polar surface area (TPSA) is 136 Å². The van der Waals surface area contributed by atoms with Gasteiger partial charge >= 0.3 is 24.2 Å². The molecular formula is CH6AlNO5. The summed E-state index contributed by atoms with van der Waals surface area (Å²) in [6.45, 7) is 0. The molecule has 0 saturated heterocycles. The van der Waals surface area contributed by atoms with E-state index in [9.17, 15) is 0 Å². The SMILES string of the molecule is N.O=C([O-])O.[OH][Al+][OH]. The van der Waals surface area contributed by atoms with Gasteiger partial charge in [-0.2, -0.15) is 0 Å². The van der Waals surface area contributed by atoms with Gasteiger partial charge in [-0.1, -0.05) is 0 Å². The molecule has 0 aliphatic heterocycles. The monoisotopic (exact) mass is 139 g/mol. The van der Waals surface area contributed by atoms with Gasteiger partial charge in [0, 0.05) is 0 Å². The quantitative estimate of drug-likeness (QED) is 0.275. The Balaban J connectivity index is -0.0000000575. The van der Waals surface area contributed by atoms with Crippen molar-refractivity contribution in [1.29, 1.82) is 0 Å². The van der Waals surface area contributed by atoms with Gasteiger partial charge in [0.05, 0.1) is 0 Å². The van der Waals surface area contributed by atoms with Crippen LogP contribution in [0.4, 0.5) is 4.79 Å². The van der Waals surface area contributed by atoms with Crippen LogP contribution in [-0.2, 0) is 0 Å². The molecule has 0 aromatic rings. The molecule has 0 rings (SSSR count). The van der Waals surface area contributed by atoms with Gasteiger partial charge in [-0.15, -0.1) is 0 Å². The molecule has 0 heterocycles. The van der Waals surface area contributed by atoms with Crippen molar-refractivity contribution in [3.63, 3.8) is 0 Å². The molecule has 0 amide bonds. The zero-order valence-corrected chi connectivity index (χ0v) is 5.10. The minimum absolute atomic E-state index is 0. The van der Waals surface area contributed by atoms with Crippen molar-refractivity contribution < 1.29 is 23.3 Å². The molecule has 0 aromatic carbocycles.